The molecule has 0 radical (unpaired) electrons. The number of nitrogens with zero attached hydrogens (tertiary/aromatic N) is 1. The number of hydrogen-bond acceptors (Lipinski definition) is 2. The van der Waals surface area contributed by atoms with Crippen LogP contribution in [0.4, 0.5) is 0 Å². The van der Waals surface area contributed by atoms with Gasteiger partial charge in [-0.2, -0.15) is 0 Å². The van der Waals surface area contributed by atoms with Crippen molar-refractivity contribution in [1.82, 2.24) is 4.98 Å². The molecule has 0 bridgehead atoms. The fraction of sp³-hybridized carbons (Fsp3) is 0.300. The van der Waals surface area contributed by atoms with E-state index >= 15 is 0 Å². The number of ether oxygens (including phenoxy) is 1. The van der Waals surface area contributed by atoms with Gasteiger partial charge in [0.05, 0.1) is 13.2 Å². The van der Waals surface area contributed by atoms with Crippen LogP contribution in [-0.2, 0) is 11.3 Å². The highest BCUT2D eigenvalue weighted by Crippen LogP contribution is 2.07. The van der Waals surface area contributed by atoms with E-state index in [1.165, 1.54) is 0 Å². The Balaban J connectivity index is 2.36. The minimum atomic E-state index is 0.507. The van der Waals surface area contributed by atoms with Crippen LogP contribution in [0.3, 0.4) is 0 Å². The van der Waals surface area contributed by atoms with Crippen LogP contribution >= 0.6 is 11.6 Å². The van der Waals surface area contributed by atoms with Crippen molar-refractivity contribution in [3.05, 3.63) is 41.2 Å². The second-order valence-corrected chi connectivity index (χ2v) is 2.96. The summed E-state index contributed by atoms with van der Waals surface area (Å²) in [7, 11) is 0. The van der Waals surface area contributed by atoms with Gasteiger partial charge in [-0.25, -0.2) is 4.98 Å². The molecule has 0 unspecified atom stereocenters. The number of allylic oxidation sites excluding steroid dienone is 1. The summed E-state index contributed by atoms with van der Waals surface area (Å²) in [6.07, 6.45) is 5.60. The molecule has 2 nitrogen and oxygen atoms in total. The van der Waals surface area contributed by atoms with Gasteiger partial charge in [-0.15, -0.1) is 0 Å². The third-order valence-corrected chi connectivity index (χ3v) is 1.72. The zero-order valence-corrected chi connectivity index (χ0v) is 8.29. The van der Waals surface area contributed by atoms with Crippen LogP contribution in [0.5, 0.6) is 0 Å². The molecular formula is C10H12ClNO. The third kappa shape index (κ3) is 4.06. The summed E-state index contributed by atoms with van der Waals surface area (Å²) in [6.45, 7) is 3.18. The topological polar surface area (TPSA) is 22.1 Å². The lowest BCUT2D eigenvalue weighted by Gasteiger charge is -2.00. The first-order valence-electron chi connectivity index (χ1n) is 4.12. The van der Waals surface area contributed by atoms with Crippen LogP contribution in [0.1, 0.15) is 12.5 Å². The summed E-state index contributed by atoms with van der Waals surface area (Å²) >= 11 is 5.70. The highest BCUT2D eigenvalue weighted by molar-refractivity contribution is 6.29. The number of halogens is 1. The van der Waals surface area contributed by atoms with Crippen molar-refractivity contribution >= 4 is 11.6 Å². The zero-order chi connectivity index (χ0) is 9.52. The maximum atomic E-state index is 5.70. The van der Waals surface area contributed by atoms with Crippen LogP contribution in [0, 0.1) is 0 Å². The molecule has 70 valence electrons. The van der Waals surface area contributed by atoms with Crippen LogP contribution in [-0.4, -0.2) is 11.6 Å². The van der Waals surface area contributed by atoms with E-state index in [0.717, 1.165) is 5.56 Å². The van der Waals surface area contributed by atoms with Crippen molar-refractivity contribution in [2.24, 2.45) is 0 Å². The molecule has 0 N–H and O–H groups in total. The van der Waals surface area contributed by atoms with Crippen LogP contribution in [0.25, 0.3) is 0 Å². The zero-order valence-electron chi connectivity index (χ0n) is 7.53. The molecule has 0 aliphatic heterocycles. The minimum absolute atomic E-state index is 0.507. The van der Waals surface area contributed by atoms with Crippen LogP contribution in [0.2, 0.25) is 5.15 Å². The summed E-state index contributed by atoms with van der Waals surface area (Å²) in [5.74, 6) is 0. The molecule has 0 saturated carbocycles. The highest BCUT2D eigenvalue weighted by Gasteiger charge is 1.93. The lowest BCUT2D eigenvalue weighted by atomic mass is 10.3. The first-order chi connectivity index (χ1) is 6.33. The van der Waals surface area contributed by atoms with E-state index in [9.17, 15) is 0 Å². The van der Waals surface area contributed by atoms with Gasteiger partial charge < -0.3 is 4.74 Å². The van der Waals surface area contributed by atoms with Crippen molar-refractivity contribution in [1.29, 1.82) is 0 Å². The van der Waals surface area contributed by atoms with Crippen molar-refractivity contribution in [3.8, 4) is 0 Å². The highest BCUT2D eigenvalue weighted by atomic mass is 35.5. The summed E-state index contributed by atoms with van der Waals surface area (Å²) in [4.78, 5) is 3.88. The third-order valence-electron chi connectivity index (χ3n) is 1.51. The summed E-state index contributed by atoms with van der Waals surface area (Å²) in [5.41, 5.74) is 1.05. The summed E-state index contributed by atoms with van der Waals surface area (Å²) < 4.78 is 5.34. The van der Waals surface area contributed by atoms with Gasteiger partial charge in [0.1, 0.15) is 5.15 Å². The Bertz CT molecular complexity index is 286. The van der Waals surface area contributed by atoms with Gasteiger partial charge in [0, 0.05) is 6.20 Å². The molecule has 0 saturated heterocycles. The lowest BCUT2D eigenvalue weighted by molar-refractivity contribution is 0.148. The molecule has 0 amide bonds. The van der Waals surface area contributed by atoms with E-state index in [4.69, 9.17) is 16.3 Å². The largest absolute Gasteiger partial charge is 0.373 e. The molecular weight excluding hydrogens is 186 g/mol. The average molecular weight is 198 g/mol. The number of hydrogen-bond donors (Lipinski definition) is 0. The molecule has 13 heavy (non-hydrogen) atoms. The van der Waals surface area contributed by atoms with Gasteiger partial charge in [0.25, 0.3) is 0 Å². The maximum Gasteiger partial charge on any atom is 0.129 e. The first kappa shape index (κ1) is 10.2. The molecule has 0 aliphatic rings. The van der Waals surface area contributed by atoms with E-state index in [-0.39, 0.29) is 0 Å². The molecule has 1 aromatic rings. The van der Waals surface area contributed by atoms with Crippen LogP contribution < -0.4 is 0 Å². The average Bonchev–Trinajstić information content (AvgIpc) is 2.13. The van der Waals surface area contributed by atoms with Gasteiger partial charge in [-0.05, 0) is 24.6 Å². The van der Waals surface area contributed by atoms with Crippen molar-refractivity contribution in [2.45, 2.75) is 13.5 Å². The minimum Gasteiger partial charge on any atom is -0.373 e. The van der Waals surface area contributed by atoms with Crippen molar-refractivity contribution < 1.29 is 4.74 Å². The molecule has 3 heteroatoms. The fourth-order valence-corrected chi connectivity index (χ4v) is 1.07. The molecule has 1 heterocycles. The molecule has 0 atom stereocenters. The monoisotopic (exact) mass is 197 g/mol. The van der Waals surface area contributed by atoms with E-state index in [2.05, 4.69) is 4.98 Å². The van der Waals surface area contributed by atoms with E-state index in [1.807, 2.05) is 25.1 Å². The summed E-state index contributed by atoms with van der Waals surface area (Å²) in [5, 5.41) is 0.507. The lowest BCUT2D eigenvalue weighted by Crippen LogP contribution is -1.92. The quantitative estimate of drug-likeness (QED) is 0.421. The Morgan fingerprint density at radius 1 is 1.62 bits per heavy atom. The molecule has 0 spiro atoms. The van der Waals surface area contributed by atoms with Gasteiger partial charge in [0.2, 0.25) is 0 Å². The molecule has 1 aromatic heterocycles. The van der Waals surface area contributed by atoms with Gasteiger partial charge >= 0.3 is 0 Å². The Labute approximate surface area is 83.2 Å². The van der Waals surface area contributed by atoms with Crippen molar-refractivity contribution in [2.75, 3.05) is 6.61 Å². The number of aromatic nitrogens is 1. The molecule has 0 aliphatic carbocycles. The van der Waals surface area contributed by atoms with Gasteiger partial charge in [0.15, 0.2) is 0 Å². The Hall–Kier alpha value is -0.860. The van der Waals surface area contributed by atoms with Crippen molar-refractivity contribution in [3.63, 3.8) is 0 Å². The second kappa shape index (κ2) is 5.73. The second-order valence-electron chi connectivity index (χ2n) is 2.57. The normalized spacial score (nSPS) is 10.9. The standard InChI is InChI=1S/C10H12ClNO/c1-2-3-6-13-8-9-4-5-12-10(11)7-9/h2-5,7H,6,8H2,1H3. The number of rotatable bonds is 4. The Kier molecular flexibility index (Phi) is 4.50. The molecule has 1 rings (SSSR count). The predicted molar refractivity (Wildman–Crippen MR) is 53.7 cm³/mol. The van der Waals surface area contributed by atoms with E-state index in [1.54, 1.807) is 12.3 Å². The van der Waals surface area contributed by atoms with Gasteiger partial charge in [-0.3, -0.25) is 0 Å². The van der Waals surface area contributed by atoms with E-state index < -0.39 is 0 Å². The van der Waals surface area contributed by atoms with E-state index in [0.29, 0.717) is 18.4 Å². The van der Waals surface area contributed by atoms with Gasteiger partial charge in [-0.1, -0.05) is 23.8 Å². The molecule has 0 aromatic carbocycles. The first-order valence-corrected chi connectivity index (χ1v) is 4.50. The molecule has 0 fully saturated rings. The fourth-order valence-electron chi connectivity index (χ4n) is 0.873. The Morgan fingerprint density at radius 2 is 2.46 bits per heavy atom. The Morgan fingerprint density at radius 3 is 3.15 bits per heavy atom. The smallest absolute Gasteiger partial charge is 0.129 e. The number of pyridine rings is 1. The SMILES string of the molecule is CC=CCOCc1ccnc(Cl)c1. The van der Waals surface area contributed by atoms with Crippen LogP contribution in [0.15, 0.2) is 30.5 Å². The summed E-state index contributed by atoms with van der Waals surface area (Å²) in [6, 6.07) is 3.69. The maximum absolute atomic E-state index is 5.70. The predicted octanol–water partition coefficient (Wildman–Crippen LogP) is 2.83.